The molecule has 0 bridgehead atoms. The van der Waals surface area contributed by atoms with Crippen LogP contribution in [0.1, 0.15) is 23.2 Å². The highest BCUT2D eigenvalue weighted by Gasteiger charge is 2.34. The Kier molecular flexibility index (Phi) is 5.37. The molecule has 1 aliphatic heterocycles. The Morgan fingerprint density at radius 1 is 1.12 bits per heavy atom. The molecule has 7 heteroatoms. The molecule has 0 N–H and O–H groups in total. The summed E-state index contributed by atoms with van der Waals surface area (Å²) >= 11 is 12.0. The van der Waals surface area contributed by atoms with Gasteiger partial charge in [-0.3, -0.25) is 4.79 Å². The van der Waals surface area contributed by atoms with Gasteiger partial charge >= 0.3 is 0 Å². The third kappa shape index (κ3) is 4.00. The highest BCUT2D eigenvalue weighted by Crippen LogP contribution is 2.27. The van der Waals surface area contributed by atoms with Gasteiger partial charge in [-0.15, -0.1) is 0 Å². The Morgan fingerprint density at radius 3 is 2.52 bits per heavy atom. The number of hydrogen-bond donors (Lipinski definition) is 0. The minimum absolute atomic E-state index is 0.0893. The highest BCUT2D eigenvalue weighted by molar-refractivity contribution is 7.91. The number of halogens is 2. The summed E-state index contributed by atoms with van der Waals surface area (Å²) in [7, 11) is -3.46. The fourth-order valence-electron chi connectivity index (χ4n) is 3.07. The number of likely N-dealkylation sites (tertiary alicyclic amines) is 1. The van der Waals surface area contributed by atoms with Crippen LogP contribution >= 0.6 is 23.2 Å². The topological polar surface area (TPSA) is 54.5 Å². The quantitative estimate of drug-likeness (QED) is 0.780. The van der Waals surface area contributed by atoms with Crippen molar-refractivity contribution in [2.75, 3.05) is 12.3 Å². The van der Waals surface area contributed by atoms with E-state index in [9.17, 15) is 13.2 Å². The van der Waals surface area contributed by atoms with Crippen molar-refractivity contribution >= 4 is 38.9 Å². The van der Waals surface area contributed by atoms with Gasteiger partial charge in [-0.1, -0.05) is 41.4 Å². The van der Waals surface area contributed by atoms with Gasteiger partial charge in [0.05, 0.1) is 21.2 Å². The zero-order chi connectivity index (χ0) is 18.0. The lowest BCUT2D eigenvalue weighted by Crippen LogP contribution is -2.39. The van der Waals surface area contributed by atoms with Crippen LogP contribution in [0.4, 0.5) is 0 Å². The zero-order valence-electron chi connectivity index (χ0n) is 13.4. The summed E-state index contributed by atoms with van der Waals surface area (Å²) in [6.45, 7) is 0.521. The number of benzene rings is 2. The molecule has 0 aromatic heterocycles. The Morgan fingerprint density at radius 2 is 1.84 bits per heavy atom. The van der Waals surface area contributed by atoms with Gasteiger partial charge in [-0.25, -0.2) is 8.42 Å². The molecule has 0 radical (unpaired) electrons. The average molecular weight is 398 g/mol. The summed E-state index contributed by atoms with van der Waals surface area (Å²) < 4.78 is 25.2. The molecular weight excluding hydrogens is 381 g/mol. The zero-order valence-corrected chi connectivity index (χ0v) is 15.7. The molecule has 3 rings (SSSR count). The third-order valence-electron chi connectivity index (χ3n) is 4.31. The second-order valence-electron chi connectivity index (χ2n) is 6.01. The lowest BCUT2D eigenvalue weighted by Gasteiger charge is -2.25. The van der Waals surface area contributed by atoms with Crippen molar-refractivity contribution in [3.05, 3.63) is 64.1 Å². The first-order valence-corrected chi connectivity index (χ1v) is 10.3. The van der Waals surface area contributed by atoms with Crippen molar-refractivity contribution in [1.29, 1.82) is 0 Å². The molecule has 1 saturated heterocycles. The Balaban J connectivity index is 1.82. The van der Waals surface area contributed by atoms with Crippen molar-refractivity contribution in [2.45, 2.75) is 23.8 Å². The van der Waals surface area contributed by atoms with Crippen molar-refractivity contribution in [1.82, 2.24) is 4.90 Å². The number of amides is 1. The monoisotopic (exact) mass is 397 g/mol. The number of nitrogens with zero attached hydrogens (tertiary/aromatic N) is 1. The van der Waals surface area contributed by atoms with Gasteiger partial charge in [0.2, 0.25) is 0 Å². The fraction of sp³-hybridized carbons (Fsp3) is 0.278. The molecule has 0 saturated carbocycles. The molecule has 2 aromatic rings. The summed E-state index contributed by atoms with van der Waals surface area (Å²) in [5, 5.41) is 0.722. The van der Waals surface area contributed by atoms with Gasteiger partial charge in [-0.05, 0) is 43.2 Å². The van der Waals surface area contributed by atoms with Crippen molar-refractivity contribution < 1.29 is 13.2 Å². The molecule has 0 aliphatic carbocycles. The van der Waals surface area contributed by atoms with Crippen LogP contribution in [-0.4, -0.2) is 37.6 Å². The van der Waals surface area contributed by atoms with Crippen LogP contribution in [0.25, 0.3) is 0 Å². The van der Waals surface area contributed by atoms with Crippen LogP contribution in [0.3, 0.4) is 0 Å². The average Bonchev–Trinajstić information content (AvgIpc) is 3.02. The van der Waals surface area contributed by atoms with Crippen LogP contribution in [0.2, 0.25) is 10.0 Å². The number of rotatable bonds is 4. The summed E-state index contributed by atoms with van der Waals surface area (Å²) in [6, 6.07) is 12.6. The van der Waals surface area contributed by atoms with E-state index in [2.05, 4.69) is 0 Å². The Hall–Kier alpha value is -1.56. The van der Waals surface area contributed by atoms with E-state index < -0.39 is 9.84 Å². The van der Waals surface area contributed by atoms with E-state index in [0.29, 0.717) is 23.6 Å². The fourth-order valence-corrected chi connectivity index (χ4v) is 5.18. The van der Waals surface area contributed by atoms with E-state index in [1.54, 1.807) is 47.4 Å². The molecule has 4 nitrogen and oxygen atoms in total. The van der Waals surface area contributed by atoms with Crippen LogP contribution in [0.15, 0.2) is 53.4 Å². The van der Waals surface area contributed by atoms with Gasteiger partial charge in [0.25, 0.3) is 5.91 Å². The molecule has 25 heavy (non-hydrogen) atoms. The van der Waals surface area contributed by atoms with E-state index >= 15 is 0 Å². The summed E-state index contributed by atoms with van der Waals surface area (Å²) in [5.41, 5.74) is 0.343. The van der Waals surface area contributed by atoms with Gasteiger partial charge in [-0.2, -0.15) is 0 Å². The lowest BCUT2D eigenvalue weighted by atomic mass is 10.2. The van der Waals surface area contributed by atoms with Gasteiger partial charge in [0.1, 0.15) is 0 Å². The highest BCUT2D eigenvalue weighted by atomic mass is 35.5. The standard InChI is InChI=1S/C18H17Cl2NO3S/c19-13-8-9-16(17(20)11-13)18(22)21-10-4-5-14(21)12-25(23,24)15-6-2-1-3-7-15/h1-3,6-9,11,14H,4-5,10,12H2. The third-order valence-corrected chi connectivity index (χ3v) is 6.68. The number of carbonyl (C=O) groups is 1. The van der Waals surface area contributed by atoms with Crippen LogP contribution < -0.4 is 0 Å². The summed E-state index contributed by atoms with van der Waals surface area (Å²) in [6.07, 6.45) is 1.43. The second-order valence-corrected chi connectivity index (χ2v) is 8.89. The maximum absolute atomic E-state index is 12.8. The van der Waals surface area contributed by atoms with Crippen LogP contribution in [0, 0.1) is 0 Å². The first-order chi connectivity index (χ1) is 11.9. The smallest absolute Gasteiger partial charge is 0.255 e. The minimum atomic E-state index is -3.46. The van der Waals surface area contributed by atoms with E-state index in [1.807, 2.05) is 0 Å². The van der Waals surface area contributed by atoms with Crippen molar-refractivity contribution in [3.63, 3.8) is 0 Å². The molecule has 1 aliphatic rings. The lowest BCUT2D eigenvalue weighted by molar-refractivity contribution is 0.0749. The molecule has 0 spiro atoms. The van der Waals surface area contributed by atoms with E-state index in [1.165, 1.54) is 6.07 Å². The first kappa shape index (κ1) is 18.2. The summed E-state index contributed by atoms with van der Waals surface area (Å²) in [5.74, 6) is -0.346. The first-order valence-electron chi connectivity index (χ1n) is 7.92. The van der Waals surface area contributed by atoms with Gasteiger partial charge < -0.3 is 4.90 Å². The Bertz CT molecular complexity index is 884. The summed E-state index contributed by atoms with van der Waals surface area (Å²) in [4.78, 5) is 14.7. The van der Waals surface area contributed by atoms with Gasteiger partial charge in [0, 0.05) is 17.6 Å². The minimum Gasteiger partial charge on any atom is -0.335 e. The number of hydrogen-bond acceptors (Lipinski definition) is 3. The van der Waals surface area contributed by atoms with Gasteiger partial charge in [0.15, 0.2) is 9.84 Å². The largest absolute Gasteiger partial charge is 0.335 e. The van der Waals surface area contributed by atoms with E-state index in [4.69, 9.17) is 23.2 Å². The number of carbonyl (C=O) groups excluding carboxylic acids is 1. The molecule has 1 unspecified atom stereocenters. The maximum Gasteiger partial charge on any atom is 0.255 e. The predicted octanol–water partition coefficient (Wildman–Crippen LogP) is 4.07. The maximum atomic E-state index is 12.8. The molecule has 132 valence electrons. The van der Waals surface area contributed by atoms with E-state index in [-0.39, 0.29) is 27.6 Å². The van der Waals surface area contributed by atoms with Crippen LogP contribution in [0.5, 0.6) is 0 Å². The van der Waals surface area contributed by atoms with Crippen molar-refractivity contribution in [3.8, 4) is 0 Å². The molecule has 1 fully saturated rings. The SMILES string of the molecule is O=C(c1ccc(Cl)cc1Cl)N1CCCC1CS(=O)(=O)c1ccccc1. The molecule has 2 aromatic carbocycles. The van der Waals surface area contributed by atoms with E-state index in [0.717, 1.165) is 6.42 Å². The van der Waals surface area contributed by atoms with Crippen molar-refractivity contribution in [2.24, 2.45) is 0 Å². The predicted molar refractivity (Wildman–Crippen MR) is 99.0 cm³/mol. The second kappa shape index (κ2) is 7.36. The van der Waals surface area contributed by atoms with Crippen LogP contribution in [-0.2, 0) is 9.84 Å². The molecule has 1 atom stereocenters. The molecular formula is C18H17Cl2NO3S. The molecule has 1 amide bonds. The normalized spacial score (nSPS) is 17.7. The Labute approximate surface area is 157 Å². The number of sulfone groups is 1. The molecule has 1 heterocycles.